The number of nitrogens with two attached hydrogens (primary N) is 1. The number of rotatable bonds is 8. The molecule has 4 N–H and O–H groups in total. The molecule has 0 unspecified atom stereocenters. The SMILES string of the molecule is Cl.Nc1nccc2cc(CNC(=O)[C@@H]3CCCN3C(=O)[C@@H](Cc3ccccc3)NC3CCCCC3)ccc12. The van der Waals surface area contributed by atoms with Gasteiger partial charge in [-0.2, -0.15) is 0 Å². The number of carbonyl (C=O) groups is 2. The van der Waals surface area contributed by atoms with E-state index >= 15 is 0 Å². The highest BCUT2D eigenvalue weighted by Gasteiger charge is 2.37. The van der Waals surface area contributed by atoms with Crippen LogP contribution in [-0.4, -0.2) is 46.4 Å². The minimum atomic E-state index is -0.431. The topological polar surface area (TPSA) is 100 Å². The molecule has 0 bridgehead atoms. The molecule has 2 aliphatic rings. The molecule has 2 heterocycles. The Morgan fingerprint density at radius 1 is 0.974 bits per heavy atom. The third kappa shape index (κ3) is 6.63. The van der Waals surface area contributed by atoms with Crippen molar-refractivity contribution in [2.45, 2.75) is 76.0 Å². The average Bonchev–Trinajstić information content (AvgIpc) is 3.42. The van der Waals surface area contributed by atoms with Gasteiger partial charge in [-0.15, -0.1) is 12.4 Å². The van der Waals surface area contributed by atoms with Crippen molar-refractivity contribution in [1.82, 2.24) is 20.5 Å². The van der Waals surface area contributed by atoms with Crippen LogP contribution in [-0.2, 0) is 22.6 Å². The molecule has 1 aliphatic carbocycles. The monoisotopic (exact) mass is 535 g/mol. The zero-order valence-electron chi connectivity index (χ0n) is 21.8. The summed E-state index contributed by atoms with van der Waals surface area (Å²) >= 11 is 0. The molecule has 8 heteroatoms. The van der Waals surface area contributed by atoms with E-state index in [2.05, 4.69) is 27.8 Å². The van der Waals surface area contributed by atoms with Gasteiger partial charge in [-0.3, -0.25) is 9.59 Å². The van der Waals surface area contributed by atoms with Gasteiger partial charge in [0.15, 0.2) is 0 Å². The number of carbonyl (C=O) groups excluding carboxylic acids is 2. The Kier molecular flexibility index (Phi) is 9.58. The molecule has 2 aromatic carbocycles. The molecule has 1 aliphatic heterocycles. The van der Waals surface area contributed by atoms with E-state index in [4.69, 9.17) is 5.73 Å². The van der Waals surface area contributed by atoms with Gasteiger partial charge in [-0.25, -0.2) is 4.98 Å². The zero-order valence-corrected chi connectivity index (χ0v) is 22.6. The summed E-state index contributed by atoms with van der Waals surface area (Å²) in [5.41, 5.74) is 8.09. The Morgan fingerprint density at radius 3 is 2.55 bits per heavy atom. The van der Waals surface area contributed by atoms with E-state index < -0.39 is 6.04 Å². The van der Waals surface area contributed by atoms with Crippen LogP contribution in [0.25, 0.3) is 10.8 Å². The number of hydrogen-bond acceptors (Lipinski definition) is 5. The zero-order chi connectivity index (χ0) is 25.6. The first-order valence-corrected chi connectivity index (χ1v) is 13.6. The minimum absolute atomic E-state index is 0. The molecule has 1 aromatic heterocycles. The molecular formula is C30H38ClN5O2. The predicted molar refractivity (Wildman–Crippen MR) is 154 cm³/mol. The molecule has 2 atom stereocenters. The maximum Gasteiger partial charge on any atom is 0.243 e. The number of hydrogen-bond donors (Lipinski definition) is 3. The number of likely N-dealkylation sites (tertiary alicyclic amines) is 1. The summed E-state index contributed by atoms with van der Waals surface area (Å²) in [5.74, 6) is 0.456. The highest BCUT2D eigenvalue weighted by molar-refractivity contribution is 5.92. The van der Waals surface area contributed by atoms with Crippen LogP contribution in [0.3, 0.4) is 0 Å². The molecule has 5 rings (SSSR count). The smallest absolute Gasteiger partial charge is 0.243 e. The van der Waals surface area contributed by atoms with E-state index in [0.29, 0.717) is 37.8 Å². The molecule has 3 aromatic rings. The fraction of sp³-hybridized carbons (Fsp3) is 0.433. The van der Waals surface area contributed by atoms with E-state index in [0.717, 1.165) is 41.2 Å². The summed E-state index contributed by atoms with van der Waals surface area (Å²) in [5, 5.41) is 8.65. The van der Waals surface area contributed by atoms with Gasteiger partial charge >= 0.3 is 0 Å². The second-order valence-electron chi connectivity index (χ2n) is 10.4. The van der Waals surface area contributed by atoms with Crippen LogP contribution in [0.1, 0.15) is 56.1 Å². The molecule has 2 amide bonds. The lowest BCUT2D eigenvalue weighted by Crippen LogP contribution is -2.55. The fourth-order valence-electron chi connectivity index (χ4n) is 5.79. The largest absolute Gasteiger partial charge is 0.383 e. The van der Waals surface area contributed by atoms with Crippen molar-refractivity contribution >= 4 is 40.8 Å². The Labute approximate surface area is 231 Å². The summed E-state index contributed by atoms with van der Waals surface area (Å²) in [7, 11) is 0. The Hall–Kier alpha value is -3.16. The molecule has 38 heavy (non-hydrogen) atoms. The maximum atomic E-state index is 13.9. The van der Waals surface area contributed by atoms with Crippen LogP contribution in [0, 0.1) is 0 Å². The Balaban J connectivity index is 0.00000336. The van der Waals surface area contributed by atoms with E-state index in [1.807, 2.05) is 47.4 Å². The fourth-order valence-corrected chi connectivity index (χ4v) is 5.79. The second-order valence-corrected chi connectivity index (χ2v) is 10.4. The lowest BCUT2D eigenvalue weighted by Gasteiger charge is -2.32. The molecule has 7 nitrogen and oxygen atoms in total. The molecule has 0 radical (unpaired) electrons. The normalized spacial score (nSPS) is 18.6. The highest BCUT2D eigenvalue weighted by atomic mass is 35.5. The summed E-state index contributed by atoms with van der Waals surface area (Å²) in [6, 6.07) is 17.6. The molecule has 1 saturated heterocycles. The first-order chi connectivity index (χ1) is 18.1. The first-order valence-electron chi connectivity index (χ1n) is 13.6. The van der Waals surface area contributed by atoms with Crippen LogP contribution in [0.2, 0.25) is 0 Å². The van der Waals surface area contributed by atoms with E-state index in [-0.39, 0.29) is 30.3 Å². The maximum absolute atomic E-state index is 13.9. The van der Waals surface area contributed by atoms with Gasteiger partial charge in [-0.05, 0) is 60.7 Å². The van der Waals surface area contributed by atoms with Gasteiger partial charge in [0.2, 0.25) is 11.8 Å². The van der Waals surface area contributed by atoms with Gasteiger partial charge in [0.05, 0.1) is 6.04 Å². The third-order valence-electron chi connectivity index (χ3n) is 7.79. The van der Waals surface area contributed by atoms with Crippen molar-refractivity contribution in [3.8, 4) is 0 Å². The number of aromatic nitrogens is 1. The molecule has 0 spiro atoms. The van der Waals surface area contributed by atoms with Crippen molar-refractivity contribution in [3.63, 3.8) is 0 Å². The number of benzene rings is 2. The van der Waals surface area contributed by atoms with Crippen molar-refractivity contribution in [2.75, 3.05) is 12.3 Å². The highest BCUT2D eigenvalue weighted by Crippen LogP contribution is 2.23. The number of amides is 2. The number of fused-ring (bicyclic) bond motifs is 1. The summed E-state index contributed by atoms with van der Waals surface area (Å²) in [6.07, 6.45) is 9.75. The lowest BCUT2D eigenvalue weighted by molar-refractivity contribution is -0.140. The van der Waals surface area contributed by atoms with Gasteiger partial charge in [-0.1, -0.05) is 61.7 Å². The van der Waals surface area contributed by atoms with Crippen LogP contribution in [0.15, 0.2) is 60.8 Å². The van der Waals surface area contributed by atoms with Gasteiger partial charge in [0.1, 0.15) is 11.9 Å². The Morgan fingerprint density at radius 2 is 1.76 bits per heavy atom. The molecule has 2 fully saturated rings. The molecular weight excluding hydrogens is 498 g/mol. The molecule has 1 saturated carbocycles. The average molecular weight is 536 g/mol. The minimum Gasteiger partial charge on any atom is -0.383 e. The van der Waals surface area contributed by atoms with Crippen molar-refractivity contribution < 1.29 is 9.59 Å². The number of halogens is 1. The number of nitrogens with zero attached hydrogens (tertiary/aromatic N) is 2. The Bertz CT molecular complexity index is 1230. The van der Waals surface area contributed by atoms with Crippen LogP contribution < -0.4 is 16.4 Å². The van der Waals surface area contributed by atoms with Crippen LogP contribution >= 0.6 is 12.4 Å². The second kappa shape index (κ2) is 13.1. The van der Waals surface area contributed by atoms with Crippen molar-refractivity contribution in [3.05, 3.63) is 71.9 Å². The summed E-state index contributed by atoms with van der Waals surface area (Å²) < 4.78 is 0. The van der Waals surface area contributed by atoms with Crippen molar-refractivity contribution in [2.24, 2.45) is 0 Å². The lowest BCUT2D eigenvalue weighted by atomic mass is 9.93. The third-order valence-corrected chi connectivity index (χ3v) is 7.79. The van der Waals surface area contributed by atoms with Crippen molar-refractivity contribution in [1.29, 1.82) is 0 Å². The summed E-state index contributed by atoms with van der Waals surface area (Å²) in [4.78, 5) is 33.1. The number of nitrogens with one attached hydrogen (secondary N) is 2. The number of anilines is 1. The summed E-state index contributed by atoms with van der Waals surface area (Å²) in [6.45, 7) is 1.03. The van der Waals surface area contributed by atoms with Gasteiger partial charge < -0.3 is 21.3 Å². The number of pyridine rings is 1. The van der Waals surface area contributed by atoms with Crippen LogP contribution in [0.4, 0.5) is 5.82 Å². The number of nitrogen functional groups attached to an aromatic ring is 1. The van der Waals surface area contributed by atoms with E-state index in [9.17, 15) is 9.59 Å². The predicted octanol–water partition coefficient (Wildman–Crippen LogP) is 4.38. The van der Waals surface area contributed by atoms with E-state index in [1.165, 1.54) is 19.3 Å². The van der Waals surface area contributed by atoms with Crippen LogP contribution in [0.5, 0.6) is 0 Å². The first kappa shape index (κ1) is 27.9. The molecule has 202 valence electrons. The van der Waals surface area contributed by atoms with Gasteiger partial charge in [0, 0.05) is 30.7 Å². The van der Waals surface area contributed by atoms with E-state index in [1.54, 1.807) is 6.20 Å². The van der Waals surface area contributed by atoms with Gasteiger partial charge in [0.25, 0.3) is 0 Å². The quantitative estimate of drug-likeness (QED) is 0.397. The standard InChI is InChI=1S/C30H37N5O2.ClH/c31-28-25-14-13-22(18-23(25)15-16-32-28)20-33-29(36)27-12-7-17-35(27)30(37)26(19-21-8-3-1-4-9-21)34-24-10-5-2-6-11-24;/h1,3-4,8-9,13-16,18,24,26-27,34H,2,5-7,10-12,17,19-20H2,(H2,31,32)(H,33,36);1H/t26-,27+;/m1./s1.